The topological polar surface area (TPSA) is 29.4 Å². The Balaban J connectivity index is 2.68. The lowest BCUT2D eigenvalue weighted by atomic mass is 9.86. The summed E-state index contributed by atoms with van der Waals surface area (Å²) in [5.74, 6) is -0.236. The van der Waals surface area contributed by atoms with E-state index >= 15 is 0 Å². The van der Waals surface area contributed by atoms with Crippen molar-refractivity contribution < 1.29 is 4.39 Å². The van der Waals surface area contributed by atoms with E-state index in [9.17, 15) is 9.30 Å². The molecule has 0 bridgehead atoms. The summed E-state index contributed by atoms with van der Waals surface area (Å²) in [5.41, 5.74) is 0.875. The molecule has 76 valence electrons. The first-order valence-corrected chi connectivity index (χ1v) is 4.57. The summed E-state index contributed by atoms with van der Waals surface area (Å²) in [6.07, 6.45) is 0.735. The number of nitrogens with zero attached hydrogens (tertiary/aromatic N) is 1. The largest absolute Gasteiger partial charge is 0.207 e. The maximum absolute atomic E-state index is 12.6. The van der Waals surface area contributed by atoms with Gasteiger partial charge in [-0.2, -0.15) is 4.91 Å². The van der Waals surface area contributed by atoms with Crippen LogP contribution >= 0.6 is 0 Å². The van der Waals surface area contributed by atoms with Crippen LogP contribution in [0.3, 0.4) is 0 Å². The summed E-state index contributed by atoms with van der Waals surface area (Å²) in [5, 5.41) is 2.90. The van der Waals surface area contributed by atoms with Crippen LogP contribution in [0.4, 0.5) is 4.39 Å². The van der Waals surface area contributed by atoms with Crippen LogP contribution in [0.15, 0.2) is 29.4 Å². The van der Waals surface area contributed by atoms with Crippen LogP contribution in [-0.2, 0) is 6.42 Å². The molecule has 0 spiro atoms. The highest BCUT2D eigenvalue weighted by Gasteiger charge is 2.18. The van der Waals surface area contributed by atoms with Crippen molar-refractivity contribution in [3.05, 3.63) is 40.6 Å². The Bertz CT molecular complexity index is 306. The molecule has 0 saturated heterocycles. The molecule has 0 atom stereocenters. The summed E-state index contributed by atoms with van der Waals surface area (Å²) in [7, 11) is 0. The number of rotatable bonds is 4. The van der Waals surface area contributed by atoms with Gasteiger partial charge in [0.05, 0.1) is 6.54 Å². The summed E-state index contributed by atoms with van der Waals surface area (Å²) < 4.78 is 12.6. The zero-order chi connectivity index (χ0) is 10.6. The molecule has 2 nitrogen and oxygen atoms in total. The normalized spacial score (nSPS) is 11.4. The van der Waals surface area contributed by atoms with Gasteiger partial charge in [-0.15, -0.1) is 0 Å². The fourth-order valence-electron chi connectivity index (χ4n) is 1.39. The zero-order valence-corrected chi connectivity index (χ0v) is 8.46. The van der Waals surface area contributed by atoms with Crippen molar-refractivity contribution in [2.75, 3.05) is 6.54 Å². The summed E-state index contributed by atoms with van der Waals surface area (Å²) in [6.45, 7) is 4.22. The number of nitroso groups, excluding NO2 is 1. The monoisotopic (exact) mass is 195 g/mol. The maximum Gasteiger partial charge on any atom is 0.123 e. The molecule has 0 heterocycles. The first-order chi connectivity index (χ1) is 6.53. The lowest BCUT2D eigenvalue weighted by Crippen LogP contribution is -2.18. The summed E-state index contributed by atoms with van der Waals surface area (Å²) >= 11 is 0. The second-order valence-electron chi connectivity index (χ2n) is 4.25. The molecule has 0 radical (unpaired) electrons. The van der Waals surface area contributed by atoms with Crippen LogP contribution in [-0.4, -0.2) is 6.54 Å². The lowest BCUT2D eigenvalue weighted by Gasteiger charge is -2.20. The van der Waals surface area contributed by atoms with Crippen molar-refractivity contribution in [2.45, 2.75) is 20.3 Å². The number of hydrogen-bond donors (Lipinski definition) is 0. The average Bonchev–Trinajstić information content (AvgIpc) is 2.08. The third-order valence-corrected chi connectivity index (χ3v) is 2.09. The third-order valence-electron chi connectivity index (χ3n) is 2.09. The predicted molar refractivity (Wildman–Crippen MR) is 54.5 cm³/mol. The SMILES string of the molecule is CC(C)(CN=O)Cc1ccc(F)cc1. The van der Waals surface area contributed by atoms with Gasteiger partial charge in [-0.25, -0.2) is 4.39 Å². The molecule has 1 aromatic rings. The lowest BCUT2D eigenvalue weighted by molar-refractivity contribution is 0.376. The van der Waals surface area contributed by atoms with Crippen molar-refractivity contribution in [1.82, 2.24) is 0 Å². The number of halogens is 1. The molecule has 0 amide bonds. The molecule has 0 aliphatic rings. The molecule has 0 saturated carbocycles. The molecule has 0 aromatic heterocycles. The van der Waals surface area contributed by atoms with Crippen molar-refractivity contribution in [3.63, 3.8) is 0 Å². The molecule has 0 aliphatic carbocycles. The Hall–Kier alpha value is -1.25. The fourth-order valence-corrected chi connectivity index (χ4v) is 1.39. The minimum atomic E-state index is -0.236. The van der Waals surface area contributed by atoms with Crippen LogP contribution < -0.4 is 0 Å². The van der Waals surface area contributed by atoms with Gasteiger partial charge in [-0.1, -0.05) is 31.2 Å². The van der Waals surface area contributed by atoms with Gasteiger partial charge in [-0.3, -0.25) is 0 Å². The molecule has 0 N–H and O–H groups in total. The van der Waals surface area contributed by atoms with Gasteiger partial charge in [-0.05, 0) is 29.5 Å². The van der Waals surface area contributed by atoms with Gasteiger partial charge < -0.3 is 0 Å². The predicted octanol–water partition coefficient (Wildman–Crippen LogP) is 3.16. The van der Waals surface area contributed by atoms with Crippen molar-refractivity contribution in [1.29, 1.82) is 0 Å². The average molecular weight is 195 g/mol. The maximum atomic E-state index is 12.6. The van der Waals surface area contributed by atoms with Gasteiger partial charge in [0.1, 0.15) is 5.82 Å². The van der Waals surface area contributed by atoms with E-state index in [1.165, 1.54) is 12.1 Å². The second kappa shape index (κ2) is 4.31. The molecule has 14 heavy (non-hydrogen) atoms. The Labute approximate surface area is 83.1 Å². The Morgan fingerprint density at radius 1 is 1.29 bits per heavy atom. The first kappa shape index (κ1) is 10.8. The van der Waals surface area contributed by atoms with E-state index in [0.717, 1.165) is 12.0 Å². The van der Waals surface area contributed by atoms with Crippen LogP contribution in [0.25, 0.3) is 0 Å². The molecule has 0 fully saturated rings. The minimum Gasteiger partial charge on any atom is -0.207 e. The Kier molecular flexibility index (Phi) is 3.33. The van der Waals surface area contributed by atoms with Crippen LogP contribution in [0.5, 0.6) is 0 Å². The molecule has 1 rings (SSSR count). The minimum absolute atomic E-state index is 0.153. The summed E-state index contributed by atoms with van der Waals surface area (Å²) in [4.78, 5) is 10.2. The van der Waals surface area contributed by atoms with Crippen LogP contribution in [0.2, 0.25) is 0 Å². The van der Waals surface area contributed by atoms with Gasteiger partial charge in [0.15, 0.2) is 0 Å². The van der Waals surface area contributed by atoms with E-state index in [2.05, 4.69) is 5.18 Å². The van der Waals surface area contributed by atoms with E-state index in [4.69, 9.17) is 0 Å². The highest BCUT2D eigenvalue weighted by molar-refractivity contribution is 5.17. The summed E-state index contributed by atoms with van der Waals surface area (Å²) in [6, 6.07) is 6.34. The molecular formula is C11H14FNO. The van der Waals surface area contributed by atoms with Gasteiger partial charge in [0.2, 0.25) is 0 Å². The molecule has 0 aliphatic heterocycles. The molecule has 3 heteroatoms. The van der Waals surface area contributed by atoms with Crippen LogP contribution in [0, 0.1) is 16.1 Å². The first-order valence-electron chi connectivity index (χ1n) is 4.57. The molecular weight excluding hydrogens is 181 g/mol. The van der Waals surface area contributed by atoms with Crippen LogP contribution in [0.1, 0.15) is 19.4 Å². The molecule has 0 unspecified atom stereocenters. The van der Waals surface area contributed by atoms with Crippen molar-refractivity contribution in [3.8, 4) is 0 Å². The van der Waals surface area contributed by atoms with E-state index in [0.29, 0.717) is 0 Å². The second-order valence-corrected chi connectivity index (χ2v) is 4.25. The highest BCUT2D eigenvalue weighted by atomic mass is 19.1. The van der Waals surface area contributed by atoms with Crippen molar-refractivity contribution in [2.24, 2.45) is 10.6 Å². The van der Waals surface area contributed by atoms with E-state index < -0.39 is 0 Å². The highest BCUT2D eigenvalue weighted by Crippen LogP contribution is 2.22. The van der Waals surface area contributed by atoms with Gasteiger partial charge >= 0.3 is 0 Å². The number of benzene rings is 1. The van der Waals surface area contributed by atoms with E-state index in [1.807, 2.05) is 13.8 Å². The standard InChI is InChI=1S/C11H14FNO/c1-11(2,8-13-14)7-9-3-5-10(12)6-4-9/h3-6H,7-8H2,1-2H3. The van der Waals surface area contributed by atoms with E-state index in [1.54, 1.807) is 12.1 Å². The van der Waals surface area contributed by atoms with E-state index in [-0.39, 0.29) is 17.8 Å². The fraction of sp³-hybridized carbons (Fsp3) is 0.455. The van der Waals surface area contributed by atoms with Gasteiger partial charge in [0.25, 0.3) is 0 Å². The van der Waals surface area contributed by atoms with Gasteiger partial charge in [0, 0.05) is 0 Å². The molecule has 1 aromatic carbocycles. The Morgan fingerprint density at radius 2 is 1.86 bits per heavy atom. The smallest absolute Gasteiger partial charge is 0.123 e. The Morgan fingerprint density at radius 3 is 2.36 bits per heavy atom. The van der Waals surface area contributed by atoms with Crippen molar-refractivity contribution >= 4 is 0 Å². The third kappa shape index (κ3) is 3.24. The number of hydrogen-bond acceptors (Lipinski definition) is 2. The zero-order valence-electron chi connectivity index (χ0n) is 8.46. The quantitative estimate of drug-likeness (QED) is 0.678.